The van der Waals surface area contributed by atoms with Crippen molar-refractivity contribution >= 4 is 11.9 Å². The Kier molecular flexibility index (Phi) is 7.51. The van der Waals surface area contributed by atoms with Crippen LogP contribution >= 0.6 is 0 Å². The first kappa shape index (κ1) is 17.2. The van der Waals surface area contributed by atoms with Gasteiger partial charge in [0.15, 0.2) is 0 Å². The molecular formula is C17H25NO3. The van der Waals surface area contributed by atoms with Gasteiger partial charge in [-0.3, -0.25) is 9.59 Å². The Labute approximate surface area is 126 Å². The monoisotopic (exact) mass is 291 g/mol. The van der Waals surface area contributed by atoms with Gasteiger partial charge in [0.2, 0.25) is 5.91 Å². The molecule has 0 spiro atoms. The summed E-state index contributed by atoms with van der Waals surface area (Å²) in [5, 5.41) is 11.8. The lowest BCUT2D eigenvalue weighted by molar-refractivity contribution is -0.138. The van der Waals surface area contributed by atoms with Crippen LogP contribution in [0.5, 0.6) is 0 Å². The fourth-order valence-corrected chi connectivity index (χ4v) is 2.40. The number of hydrogen-bond acceptors (Lipinski definition) is 2. The fraction of sp³-hybridized carbons (Fsp3) is 0.529. The van der Waals surface area contributed by atoms with Crippen molar-refractivity contribution in [2.45, 2.75) is 39.5 Å². The summed E-state index contributed by atoms with van der Waals surface area (Å²) in [6.07, 6.45) is 2.06. The quantitative estimate of drug-likeness (QED) is 0.735. The molecule has 0 aliphatic rings. The van der Waals surface area contributed by atoms with Crippen LogP contribution in [-0.2, 0) is 16.0 Å². The maximum absolute atomic E-state index is 11.8. The molecule has 4 nitrogen and oxygen atoms in total. The topological polar surface area (TPSA) is 66.4 Å². The van der Waals surface area contributed by atoms with E-state index in [1.54, 1.807) is 0 Å². The van der Waals surface area contributed by atoms with E-state index in [4.69, 9.17) is 5.11 Å². The molecule has 0 saturated carbocycles. The highest BCUT2D eigenvalue weighted by Gasteiger charge is 2.16. The second-order valence-corrected chi connectivity index (χ2v) is 5.88. The van der Waals surface area contributed by atoms with E-state index in [1.165, 1.54) is 0 Å². The molecule has 0 heterocycles. The van der Waals surface area contributed by atoms with Crippen LogP contribution in [0, 0.1) is 11.8 Å². The largest absolute Gasteiger partial charge is 0.481 e. The van der Waals surface area contributed by atoms with Crippen LogP contribution in [0.1, 0.15) is 38.7 Å². The van der Waals surface area contributed by atoms with E-state index in [0.29, 0.717) is 25.3 Å². The van der Waals surface area contributed by atoms with Gasteiger partial charge in [-0.05, 0) is 30.2 Å². The average Bonchev–Trinajstić information content (AvgIpc) is 2.42. The van der Waals surface area contributed by atoms with Crippen LogP contribution in [0.4, 0.5) is 0 Å². The van der Waals surface area contributed by atoms with Crippen LogP contribution in [0.2, 0.25) is 0 Å². The highest BCUT2D eigenvalue weighted by atomic mass is 16.4. The van der Waals surface area contributed by atoms with Gasteiger partial charge in [0.1, 0.15) is 0 Å². The van der Waals surface area contributed by atoms with Crippen molar-refractivity contribution in [3.63, 3.8) is 0 Å². The predicted octanol–water partition coefficient (Wildman–Crippen LogP) is 2.87. The maximum atomic E-state index is 11.8. The first-order valence-electron chi connectivity index (χ1n) is 7.49. The number of aliphatic carboxylic acids is 1. The SMILES string of the molecule is CC(C)C[C@H](CNC(=O)CCc1ccccc1)CC(=O)O. The molecule has 0 aliphatic heterocycles. The molecule has 1 rings (SSSR count). The van der Waals surface area contributed by atoms with Gasteiger partial charge < -0.3 is 10.4 Å². The van der Waals surface area contributed by atoms with Crippen LogP contribution in [0.25, 0.3) is 0 Å². The number of benzene rings is 1. The number of nitrogens with one attached hydrogen (secondary N) is 1. The van der Waals surface area contributed by atoms with E-state index >= 15 is 0 Å². The van der Waals surface area contributed by atoms with Crippen molar-refractivity contribution in [3.8, 4) is 0 Å². The zero-order valence-electron chi connectivity index (χ0n) is 12.8. The number of hydrogen-bond donors (Lipinski definition) is 2. The Morgan fingerprint density at radius 1 is 1.19 bits per heavy atom. The molecule has 4 heteroatoms. The summed E-state index contributed by atoms with van der Waals surface area (Å²) in [4.78, 5) is 22.7. The second kappa shape index (κ2) is 9.16. The summed E-state index contributed by atoms with van der Waals surface area (Å²) < 4.78 is 0. The number of carboxylic acids is 1. The third-order valence-corrected chi connectivity index (χ3v) is 3.34. The molecule has 0 saturated heterocycles. The average molecular weight is 291 g/mol. The Morgan fingerprint density at radius 3 is 2.43 bits per heavy atom. The second-order valence-electron chi connectivity index (χ2n) is 5.88. The van der Waals surface area contributed by atoms with Gasteiger partial charge >= 0.3 is 5.97 Å². The van der Waals surface area contributed by atoms with Gasteiger partial charge in [-0.1, -0.05) is 44.2 Å². The van der Waals surface area contributed by atoms with Gasteiger partial charge in [0.05, 0.1) is 0 Å². The summed E-state index contributed by atoms with van der Waals surface area (Å²) in [5.41, 5.74) is 1.14. The molecule has 1 amide bonds. The van der Waals surface area contributed by atoms with Crippen LogP contribution in [0.3, 0.4) is 0 Å². The van der Waals surface area contributed by atoms with Crippen molar-refractivity contribution in [1.82, 2.24) is 5.32 Å². The molecule has 0 bridgehead atoms. The molecule has 0 fully saturated rings. The van der Waals surface area contributed by atoms with E-state index in [9.17, 15) is 9.59 Å². The Morgan fingerprint density at radius 2 is 1.86 bits per heavy atom. The lowest BCUT2D eigenvalue weighted by Gasteiger charge is -2.17. The van der Waals surface area contributed by atoms with Gasteiger partial charge in [0.25, 0.3) is 0 Å². The first-order chi connectivity index (χ1) is 9.97. The number of rotatable bonds is 9. The van der Waals surface area contributed by atoms with E-state index in [-0.39, 0.29) is 18.2 Å². The minimum absolute atomic E-state index is 0.00294. The zero-order chi connectivity index (χ0) is 15.7. The lowest BCUT2D eigenvalue weighted by atomic mass is 9.94. The highest BCUT2D eigenvalue weighted by molar-refractivity contribution is 5.76. The fourth-order valence-electron chi connectivity index (χ4n) is 2.40. The normalized spacial score (nSPS) is 12.1. The van der Waals surface area contributed by atoms with Gasteiger partial charge in [0, 0.05) is 19.4 Å². The number of amides is 1. The zero-order valence-corrected chi connectivity index (χ0v) is 12.8. The molecule has 0 radical (unpaired) electrons. The van der Waals surface area contributed by atoms with E-state index in [1.807, 2.05) is 30.3 Å². The van der Waals surface area contributed by atoms with Crippen LogP contribution in [0.15, 0.2) is 30.3 Å². The highest BCUT2D eigenvalue weighted by Crippen LogP contribution is 2.14. The standard InChI is InChI=1S/C17H25NO3/c1-13(2)10-15(11-17(20)21)12-18-16(19)9-8-14-6-4-3-5-7-14/h3-7,13,15H,8-12H2,1-2H3,(H,18,19)(H,20,21)/t15-/m0/s1. The number of carbonyl (C=O) groups excluding carboxylic acids is 1. The van der Waals surface area contributed by atoms with Gasteiger partial charge in [-0.25, -0.2) is 0 Å². The van der Waals surface area contributed by atoms with E-state index in [2.05, 4.69) is 19.2 Å². The minimum atomic E-state index is -0.806. The smallest absolute Gasteiger partial charge is 0.303 e. The molecular weight excluding hydrogens is 266 g/mol. The molecule has 1 aromatic rings. The van der Waals surface area contributed by atoms with E-state index in [0.717, 1.165) is 12.0 Å². The third kappa shape index (κ3) is 8.12. The minimum Gasteiger partial charge on any atom is -0.481 e. The number of carbonyl (C=O) groups is 2. The summed E-state index contributed by atoms with van der Waals surface area (Å²) >= 11 is 0. The summed E-state index contributed by atoms with van der Waals surface area (Å²) in [7, 11) is 0. The van der Waals surface area contributed by atoms with E-state index < -0.39 is 5.97 Å². The lowest BCUT2D eigenvalue weighted by Crippen LogP contribution is -2.31. The van der Waals surface area contributed by atoms with Gasteiger partial charge in [-0.15, -0.1) is 0 Å². The number of aryl methyl sites for hydroxylation is 1. The van der Waals surface area contributed by atoms with Crippen molar-refractivity contribution < 1.29 is 14.7 Å². The van der Waals surface area contributed by atoms with Crippen LogP contribution < -0.4 is 5.32 Å². The molecule has 116 valence electrons. The Balaban J connectivity index is 2.33. The molecule has 21 heavy (non-hydrogen) atoms. The summed E-state index contributed by atoms with van der Waals surface area (Å²) in [6.45, 7) is 4.57. The molecule has 0 aromatic heterocycles. The third-order valence-electron chi connectivity index (χ3n) is 3.34. The summed E-state index contributed by atoms with van der Waals surface area (Å²) in [6, 6.07) is 9.86. The molecule has 1 atom stereocenters. The van der Waals surface area contributed by atoms with Crippen molar-refractivity contribution in [3.05, 3.63) is 35.9 Å². The molecule has 0 aliphatic carbocycles. The van der Waals surface area contributed by atoms with Crippen molar-refractivity contribution in [2.24, 2.45) is 11.8 Å². The van der Waals surface area contributed by atoms with Gasteiger partial charge in [-0.2, -0.15) is 0 Å². The molecule has 0 unspecified atom stereocenters. The summed E-state index contributed by atoms with van der Waals surface area (Å²) in [5.74, 6) is -0.393. The van der Waals surface area contributed by atoms with Crippen LogP contribution in [-0.4, -0.2) is 23.5 Å². The van der Waals surface area contributed by atoms with Crippen molar-refractivity contribution in [1.29, 1.82) is 0 Å². The Hall–Kier alpha value is -1.84. The van der Waals surface area contributed by atoms with Crippen molar-refractivity contribution in [2.75, 3.05) is 6.54 Å². The Bertz CT molecular complexity index is 443. The number of carboxylic acid groups (broad SMARTS) is 1. The molecule has 1 aromatic carbocycles. The first-order valence-corrected chi connectivity index (χ1v) is 7.49. The predicted molar refractivity (Wildman–Crippen MR) is 83.0 cm³/mol. The molecule has 2 N–H and O–H groups in total. The maximum Gasteiger partial charge on any atom is 0.303 e.